The summed E-state index contributed by atoms with van der Waals surface area (Å²) in [7, 11) is 0. The number of aromatic hydroxyl groups is 7. The van der Waals surface area contributed by atoms with Crippen LogP contribution in [0.2, 0.25) is 0 Å². The van der Waals surface area contributed by atoms with Crippen LogP contribution in [0.1, 0.15) is 34.5 Å². The number of benzene rings is 3. The topological polar surface area (TPSA) is 218 Å². The Bertz CT molecular complexity index is 1800. The van der Waals surface area contributed by atoms with Crippen LogP contribution >= 0.6 is 0 Å². The molecule has 12 heteroatoms. The van der Waals surface area contributed by atoms with Gasteiger partial charge in [0.2, 0.25) is 5.43 Å². The van der Waals surface area contributed by atoms with Crippen molar-refractivity contribution in [2.24, 2.45) is 0 Å². The van der Waals surface area contributed by atoms with Gasteiger partial charge >= 0.3 is 0 Å². The molecule has 6 rings (SSSR count). The van der Waals surface area contributed by atoms with Crippen LogP contribution in [0.3, 0.4) is 0 Å². The number of ether oxygens (including phenoxy) is 2. The molecule has 2 heterocycles. The van der Waals surface area contributed by atoms with Crippen molar-refractivity contribution in [2.75, 3.05) is 0 Å². The highest BCUT2D eigenvalue weighted by Gasteiger charge is 2.36. The summed E-state index contributed by atoms with van der Waals surface area (Å²) >= 11 is 0. The van der Waals surface area contributed by atoms with Crippen LogP contribution < -0.4 is 14.9 Å². The highest BCUT2D eigenvalue weighted by Crippen LogP contribution is 2.47. The lowest BCUT2D eigenvalue weighted by Gasteiger charge is -2.32. The fourth-order valence-corrected chi connectivity index (χ4v) is 5.52. The van der Waals surface area contributed by atoms with Gasteiger partial charge < -0.3 is 55.4 Å². The Hall–Kier alpha value is -5.07. The molecule has 9 N–H and O–H groups in total. The molecule has 2 unspecified atom stereocenters. The van der Waals surface area contributed by atoms with Gasteiger partial charge in [0.15, 0.2) is 23.4 Å². The van der Waals surface area contributed by atoms with Crippen LogP contribution in [0.4, 0.5) is 0 Å². The zero-order valence-corrected chi connectivity index (χ0v) is 21.0. The van der Waals surface area contributed by atoms with Crippen molar-refractivity contribution in [3.8, 4) is 51.7 Å². The molecule has 2 aliphatic heterocycles. The molecular formula is C29H24O12. The SMILES string of the molecule is O=c1c(O)cc([C@H]2Oc3cc(O)cc(O)c3C[C@@H]2O)cc2c(C3Oc4cc(O)cc(O)c4CC3O)cc(O)c(O)c12. The molecule has 0 saturated carbocycles. The van der Waals surface area contributed by atoms with E-state index in [0.29, 0.717) is 0 Å². The zero-order chi connectivity index (χ0) is 29.3. The first-order chi connectivity index (χ1) is 19.4. The lowest BCUT2D eigenvalue weighted by Crippen LogP contribution is -2.31. The summed E-state index contributed by atoms with van der Waals surface area (Å²) in [6.07, 6.45) is -5.40. The molecule has 0 amide bonds. The Morgan fingerprint density at radius 3 is 1.73 bits per heavy atom. The number of hydrogen-bond acceptors (Lipinski definition) is 12. The van der Waals surface area contributed by atoms with Gasteiger partial charge in [0.05, 0.1) is 17.6 Å². The number of fused-ring (bicyclic) bond motifs is 3. The molecule has 2 aliphatic rings. The molecule has 0 aliphatic carbocycles. The largest absolute Gasteiger partial charge is 0.508 e. The number of hydrogen-bond donors (Lipinski definition) is 9. The number of rotatable bonds is 2. The third kappa shape index (κ3) is 4.20. The molecule has 4 aromatic carbocycles. The van der Waals surface area contributed by atoms with Crippen LogP contribution in [0.5, 0.6) is 51.7 Å². The first-order valence-electron chi connectivity index (χ1n) is 12.5. The monoisotopic (exact) mass is 564 g/mol. The first kappa shape index (κ1) is 26.2. The highest BCUT2D eigenvalue weighted by atomic mass is 16.5. The van der Waals surface area contributed by atoms with Crippen LogP contribution in [-0.4, -0.2) is 58.2 Å². The first-order valence-corrected chi connectivity index (χ1v) is 12.5. The van der Waals surface area contributed by atoms with E-state index in [1.54, 1.807) is 0 Å². The average Bonchev–Trinajstić information content (AvgIpc) is 3.03. The highest BCUT2D eigenvalue weighted by molar-refractivity contribution is 5.94. The van der Waals surface area contributed by atoms with E-state index in [0.717, 1.165) is 24.3 Å². The van der Waals surface area contributed by atoms with E-state index in [4.69, 9.17) is 9.47 Å². The van der Waals surface area contributed by atoms with Crippen molar-refractivity contribution >= 4 is 10.8 Å². The van der Waals surface area contributed by atoms with E-state index in [1.165, 1.54) is 18.2 Å². The number of phenols is 6. The minimum atomic E-state index is -1.34. The van der Waals surface area contributed by atoms with Crippen molar-refractivity contribution in [1.29, 1.82) is 0 Å². The molecule has 212 valence electrons. The Labute approximate surface area is 230 Å². The number of aliphatic hydroxyl groups excluding tert-OH is 2. The molecule has 0 bridgehead atoms. The fraction of sp³-hybridized carbons (Fsp3) is 0.207. The second kappa shape index (κ2) is 9.25. The predicted octanol–water partition coefficient (Wildman–Crippen LogP) is 2.21. The van der Waals surface area contributed by atoms with Crippen LogP contribution in [0.25, 0.3) is 10.8 Å². The molecule has 4 atom stereocenters. The average molecular weight is 564 g/mol. The minimum Gasteiger partial charge on any atom is -0.508 e. The smallest absolute Gasteiger partial charge is 0.231 e. The van der Waals surface area contributed by atoms with E-state index in [2.05, 4.69) is 0 Å². The maximum atomic E-state index is 13.2. The van der Waals surface area contributed by atoms with Gasteiger partial charge in [-0.05, 0) is 29.1 Å². The lowest BCUT2D eigenvalue weighted by atomic mass is 9.90. The van der Waals surface area contributed by atoms with E-state index in [-0.39, 0.29) is 75.0 Å². The summed E-state index contributed by atoms with van der Waals surface area (Å²) in [6, 6.07) is 8.05. The number of phenolic OH excluding ortho intramolecular Hbond substituents is 6. The molecule has 0 fully saturated rings. The van der Waals surface area contributed by atoms with E-state index in [9.17, 15) is 50.8 Å². The molecule has 0 aromatic heterocycles. The van der Waals surface area contributed by atoms with Crippen molar-refractivity contribution < 1.29 is 55.4 Å². The van der Waals surface area contributed by atoms with Gasteiger partial charge in [0.1, 0.15) is 40.6 Å². The zero-order valence-electron chi connectivity index (χ0n) is 21.0. The molecule has 4 aromatic rings. The van der Waals surface area contributed by atoms with Gasteiger partial charge in [-0.3, -0.25) is 4.79 Å². The normalized spacial score (nSPS) is 21.4. The van der Waals surface area contributed by atoms with Gasteiger partial charge in [-0.2, -0.15) is 0 Å². The van der Waals surface area contributed by atoms with Crippen molar-refractivity contribution in [3.63, 3.8) is 0 Å². The summed E-state index contributed by atoms with van der Waals surface area (Å²) in [5, 5.41) is 93.5. The maximum absolute atomic E-state index is 13.2. The van der Waals surface area contributed by atoms with Gasteiger partial charge in [-0.1, -0.05) is 0 Å². The van der Waals surface area contributed by atoms with E-state index < -0.39 is 52.5 Å². The molecule has 12 nitrogen and oxygen atoms in total. The van der Waals surface area contributed by atoms with Gasteiger partial charge in [0.25, 0.3) is 0 Å². The van der Waals surface area contributed by atoms with Gasteiger partial charge in [-0.25, -0.2) is 0 Å². The Morgan fingerprint density at radius 1 is 0.610 bits per heavy atom. The molecule has 0 radical (unpaired) electrons. The summed E-state index contributed by atoms with van der Waals surface area (Å²) in [5.41, 5.74) is -0.578. The standard InChI is InChI=1S/C29H24O12/c30-11-3-17(32)15-8-21(36)28(40-23(15)5-11)10-1-13-14(7-20(35)27(39)25(13)26(38)19(34)2-10)29-22(37)9-16-18(33)4-12(31)6-24(16)41-29/h1-7,21-22,28-33,35-37,39H,8-9H2,(H,34,38)/t21-,22?,28+,29?/m0/s1. The molecular weight excluding hydrogens is 540 g/mol. The van der Waals surface area contributed by atoms with Gasteiger partial charge in [0, 0.05) is 53.8 Å². The van der Waals surface area contributed by atoms with Crippen LogP contribution in [0, 0.1) is 0 Å². The Kier molecular flexibility index (Phi) is 5.90. The van der Waals surface area contributed by atoms with Crippen molar-refractivity contribution in [1.82, 2.24) is 0 Å². The summed E-state index contributed by atoms with van der Waals surface area (Å²) in [6.45, 7) is 0. The van der Waals surface area contributed by atoms with Crippen molar-refractivity contribution in [2.45, 2.75) is 37.3 Å². The maximum Gasteiger partial charge on any atom is 0.231 e. The number of aliphatic hydroxyl groups is 2. The second-order valence-corrected chi connectivity index (χ2v) is 10.1. The minimum absolute atomic E-state index is 0.00576. The van der Waals surface area contributed by atoms with Gasteiger partial charge in [-0.15, -0.1) is 0 Å². The molecule has 0 spiro atoms. The molecule has 0 saturated heterocycles. The third-order valence-corrected chi connectivity index (χ3v) is 7.43. The summed E-state index contributed by atoms with van der Waals surface area (Å²) < 4.78 is 11.8. The van der Waals surface area contributed by atoms with Crippen LogP contribution in [0.15, 0.2) is 47.3 Å². The summed E-state index contributed by atoms with van der Waals surface area (Å²) in [4.78, 5) is 13.2. The van der Waals surface area contributed by atoms with Crippen molar-refractivity contribution in [3.05, 3.63) is 74.9 Å². The molecule has 41 heavy (non-hydrogen) atoms. The predicted molar refractivity (Wildman–Crippen MR) is 141 cm³/mol. The fourth-order valence-electron chi connectivity index (χ4n) is 5.52. The quantitative estimate of drug-likeness (QED) is 0.160. The third-order valence-electron chi connectivity index (χ3n) is 7.43. The van der Waals surface area contributed by atoms with Crippen LogP contribution in [-0.2, 0) is 12.8 Å². The summed E-state index contributed by atoms with van der Waals surface area (Å²) in [5.74, 6) is -3.57. The Morgan fingerprint density at radius 2 is 1.15 bits per heavy atom. The van der Waals surface area contributed by atoms with E-state index >= 15 is 0 Å². The Balaban J connectivity index is 1.56. The van der Waals surface area contributed by atoms with E-state index in [1.807, 2.05) is 0 Å². The second-order valence-electron chi connectivity index (χ2n) is 10.1. The lowest BCUT2D eigenvalue weighted by molar-refractivity contribution is 0.0193.